The van der Waals surface area contributed by atoms with Crippen LogP contribution in [0.5, 0.6) is 5.75 Å². The fraction of sp³-hybridized carbons (Fsp3) is 0.357. The zero-order valence-electron chi connectivity index (χ0n) is 11.4. The van der Waals surface area contributed by atoms with Gasteiger partial charge in [0.2, 0.25) is 0 Å². The molecule has 0 amide bonds. The molecule has 0 aliphatic rings. The Morgan fingerprint density at radius 2 is 2.11 bits per heavy atom. The summed E-state index contributed by atoms with van der Waals surface area (Å²) in [5.74, 6) is 0.295. The number of hydrogen-bond donors (Lipinski definition) is 2. The molecule has 0 radical (unpaired) electrons. The number of phenolic OH excluding ortho intramolecular Hbond substituents is 1. The number of aromatic hydroxyl groups is 1. The molecule has 0 saturated heterocycles. The third kappa shape index (κ3) is 3.89. The summed E-state index contributed by atoms with van der Waals surface area (Å²) in [6, 6.07) is 7.62. The fourth-order valence-corrected chi connectivity index (χ4v) is 1.78. The predicted octanol–water partition coefficient (Wildman–Crippen LogP) is 3.51. The second-order valence-corrected chi connectivity index (χ2v) is 4.73. The number of nitrogens with one attached hydrogen (secondary N) is 1. The van der Waals surface area contributed by atoms with E-state index >= 15 is 0 Å². The Morgan fingerprint density at radius 1 is 1.37 bits per heavy atom. The maximum absolute atomic E-state index is 9.40. The van der Waals surface area contributed by atoms with Crippen LogP contribution in [0.1, 0.15) is 31.1 Å². The highest BCUT2D eigenvalue weighted by Crippen LogP contribution is 2.18. The van der Waals surface area contributed by atoms with E-state index in [1.165, 1.54) is 0 Å². The van der Waals surface area contributed by atoms with Crippen molar-refractivity contribution in [1.82, 2.24) is 9.78 Å². The Bertz CT molecular complexity index is 537. The number of hydrogen-bond acceptors (Lipinski definition) is 3. The van der Waals surface area contributed by atoms with Crippen LogP contribution in [0.4, 0.5) is 5.69 Å². The van der Waals surface area contributed by atoms with Gasteiger partial charge >= 0.3 is 0 Å². The van der Waals surface area contributed by atoms with Gasteiger partial charge in [0.25, 0.3) is 0 Å². The number of aromatic nitrogens is 2. The minimum atomic E-state index is 0. The lowest BCUT2D eigenvalue weighted by atomic mass is 10.2. The quantitative estimate of drug-likeness (QED) is 0.902. The Balaban J connectivity index is 0.00000180. The van der Waals surface area contributed by atoms with E-state index < -0.39 is 0 Å². The van der Waals surface area contributed by atoms with Crippen molar-refractivity contribution in [3.05, 3.63) is 41.7 Å². The fourth-order valence-electron chi connectivity index (χ4n) is 1.78. The number of nitrogens with zero attached hydrogens (tertiary/aromatic N) is 2. The lowest BCUT2D eigenvalue weighted by Crippen LogP contribution is -2.01. The van der Waals surface area contributed by atoms with E-state index in [0.29, 0.717) is 18.3 Å². The van der Waals surface area contributed by atoms with Crippen LogP contribution < -0.4 is 5.32 Å². The van der Waals surface area contributed by atoms with Gasteiger partial charge in [-0.3, -0.25) is 4.68 Å². The molecule has 2 N–H and O–H groups in total. The summed E-state index contributed by atoms with van der Waals surface area (Å²) >= 11 is 0. The molecule has 1 aromatic heterocycles. The van der Waals surface area contributed by atoms with Gasteiger partial charge in [0.05, 0.1) is 11.4 Å². The van der Waals surface area contributed by atoms with Gasteiger partial charge in [0.15, 0.2) is 0 Å². The van der Waals surface area contributed by atoms with Crippen LogP contribution in [-0.2, 0) is 6.54 Å². The Kier molecular flexibility index (Phi) is 5.24. The first-order valence-corrected chi connectivity index (χ1v) is 6.14. The van der Waals surface area contributed by atoms with Gasteiger partial charge in [-0.1, -0.05) is 12.1 Å². The minimum absolute atomic E-state index is 0. The third-order valence-corrected chi connectivity index (χ3v) is 2.84. The van der Waals surface area contributed by atoms with Crippen LogP contribution in [0.25, 0.3) is 0 Å². The molecule has 0 spiro atoms. The van der Waals surface area contributed by atoms with Crippen LogP contribution >= 0.6 is 12.4 Å². The van der Waals surface area contributed by atoms with Crippen molar-refractivity contribution in [3.8, 4) is 5.75 Å². The molecule has 4 nitrogen and oxygen atoms in total. The Hall–Kier alpha value is -1.68. The van der Waals surface area contributed by atoms with Gasteiger partial charge in [0.1, 0.15) is 5.75 Å². The van der Waals surface area contributed by atoms with Crippen molar-refractivity contribution >= 4 is 18.1 Å². The van der Waals surface area contributed by atoms with Crippen LogP contribution in [-0.4, -0.2) is 14.9 Å². The van der Waals surface area contributed by atoms with Gasteiger partial charge in [-0.2, -0.15) is 5.10 Å². The second-order valence-electron chi connectivity index (χ2n) is 4.73. The largest absolute Gasteiger partial charge is 0.508 e. The standard InChI is InChI=1S/C14H19N3O.ClH/c1-10(2)17-9-14(11(3)16-17)15-8-12-5-4-6-13(18)7-12;/h4-7,9-10,15,18H,8H2,1-3H3;1H. The van der Waals surface area contributed by atoms with Gasteiger partial charge < -0.3 is 10.4 Å². The molecule has 5 heteroatoms. The number of anilines is 1. The van der Waals surface area contributed by atoms with Crippen molar-refractivity contribution in [2.45, 2.75) is 33.4 Å². The molecule has 1 aromatic carbocycles. The van der Waals surface area contributed by atoms with Crippen molar-refractivity contribution in [3.63, 3.8) is 0 Å². The van der Waals surface area contributed by atoms with Gasteiger partial charge in [-0.05, 0) is 38.5 Å². The highest BCUT2D eigenvalue weighted by Gasteiger charge is 2.06. The average molecular weight is 282 g/mol. The molecular weight excluding hydrogens is 262 g/mol. The van der Waals surface area contributed by atoms with E-state index in [4.69, 9.17) is 0 Å². The molecule has 0 bridgehead atoms. The van der Waals surface area contributed by atoms with Crippen LogP contribution in [0.15, 0.2) is 30.5 Å². The number of aryl methyl sites for hydroxylation is 1. The lowest BCUT2D eigenvalue weighted by molar-refractivity contribution is 0.474. The van der Waals surface area contributed by atoms with E-state index in [1.54, 1.807) is 12.1 Å². The summed E-state index contributed by atoms with van der Waals surface area (Å²) in [5, 5.41) is 17.2. The van der Waals surface area contributed by atoms with Crippen LogP contribution in [0.3, 0.4) is 0 Å². The number of rotatable bonds is 4. The Labute approximate surface area is 119 Å². The van der Waals surface area contributed by atoms with E-state index in [0.717, 1.165) is 16.9 Å². The summed E-state index contributed by atoms with van der Waals surface area (Å²) in [7, 11) is 0. The number of phenols is 1. The maximum atomic E-state index is 9.40. The average Bonchev–Trinajstić information content (AvgIpc) is 2.68. The number of halogens is 1. The summed E-state index contributed by atoms with van der Waals surface area (Å²) in [6.45, 7) is 6.87. The van der Waals surface area contributed by atoms with Gasteiger partial charge in [-0.25, -0.2) is 0 Å². The maximum Gasteiger partial charge on any atom is 0.115 e. The first-order chi connectivity index (χ1) is 8.56. The van der Waals surface area contributed by atoms with Crippen molar-refractivity contribution in [2.24, 2.45) is 0 Å². The van der Waals surface area contributed by atoms with E-state index in [9.17, 15) is 5.11 Å². The van der Waals surface area contributed by atoms with Gasteiger partial charge in [0, 0.05) is 18.8 Å². The summed E-state index contributed by atoms with van der Waals surface area (Å²) < 4.78 is 1.94. The molecule has 2 aromatic rings. The van der Waals surface area contributed by atoms with E-state index in [1.807, 2.05) is 29.9 Å². The molecule has 0 fully saturated rings. The lowest BCUT2D eigenvalue weighted by Gasteiger charge is -2.05. The van der Waals surface area contributed by atoms with Crippen molar-refractivity contribution in [2.75, 3.05) is 5.32 Å². The molecule has 2 rings (SSSR count). The van der Waals surface area contributed by atoms with E-state index in [2.05, 4.69) is 24.3 Å². The summed E-state index contributed by atoms with van der Waals surface area (Å²) in [5.41, 5.74) is 3.07. The summed E-state index contributed by atoms with van der Waals surface area (Å²) in [6.07, 6.45) is 2.02. The first kappa shape index (κ1) is 15.4. The van der Waals surface area contributed by atoms with Crippen LogP contribution in [0, 0.1) is 6.92 Å². The number of benzene rings is 1. The smallest absolute Gasteiger partial charge is 0.115 e. The third-order valence-electron chi connectivity index (χ3n) is 2.84. The molecule has 104 valence electrons. The molecule has 0 atom stereocenters. The predicted molar refractivity (Wildman–Crippen MR) is 80.0 cm³/mol. The Morgan fingerprint density at radius 3 is 2.68 bits per heavy atom. The molecule has 19 heavy (non-hydrogen) atoms. The summed E-state index contributed by atoms with van der Waals surface area (Å²) in [4.78, 5) is 0. The molecular formula is C14H20ClN3O. The highest BCUT2D eigenvalue weighted by atomic mass is 35.5. The molecule has 0 aliphatic carbocycles. The highest BCUT2D eigenvalue weighted by molar-refractivity contribution is 5.85. The van der Waals surface area contributed by atoms with E-state index in [-0.39, 0.29) is 12.4 Å². The first-order valence-electron chi connectivity index (χ1n) is 6.14. The topological polar surface area (TPSA) is 50.1 Å². The van der Waals surface area contributed by atoms with Crippen LogP contribution in [0.2, 0.25) is 0 Å². The monoisotopic (exact) mass is 281 g/mol. The normalized spacial score (nSPS) is 10.3. The zero-order chi connectivity index (χ0) is 13.1. The van der Waals surface area contributed by atoms with Crippen molar-refractivity contribution < 1.29 is 5.11 Å². The molecule has 0 unspecified atom stereocenters. The molecule has 0 saturated carbocycles. The zero-order valence-corrected chi connectivity index (χ0v) is 12.2. The van der Waals surface area contributed by atoms with Crippen molar-refractivity contribution in [1.29, 1.82) is 0 Å². The van der Waals surface area contributed by atoms with Gasteiger partial charge in [-0.15, -0.1) is 12.4 Å². The SMILES string of the molecule is Cc1nn(C(C)C)cc1NCc1cccc(O)c1.Cl. The molecule has 1 heterocycles. The second kappa shape index (κ2) is 6.48. The molecule has 0 aliphatic heterocycles. The minimum Gasteiger partial charge on any atom is -0.508 e.